The van der Waals surface area contributed by atoms with Gasteiger partial charge in [0.15, 0.2) is 8.32 Å². The molecule has 0 radical (unpaired) electrons. The maximum Gasteiger partial charge on any atom is 0.409 e. The number of rotatable bonds is 9. The first kappa shape index (κ1) is 31.2. The van der Waals surface area contributed by atoms with E-state index < -0.39 is 26.1 Å². The fraction of sp³-hybridized carbons (Fsp3) is 0.724. The van der Waals surface area contributed by atoms with Crippen molar-refractivity contribution in [3.63, 3.8) is 0 Å². The number of alkyl carbamates (subject to hydrolysis) is 1. The summed E-state index contributed by atoms with van der Waals surface area (Å²) >= 11 is 0. The summed E-state index contributed by atoms with van der Waals surface area (Å²) in [4.78, 5) is 26.8. The Morgan fingerprint density at radius 1 is 1.03 bits per heavy atom. The van der Waals surface area contributed by atoms with Gasteiger partial charge in [0.2, 0.25) is 0 Å². The molecule has 0 heterocycles. The molecule has 1 fully saturated rings. The number of hydrogen-bond acceptors (Lipinski definition) is 5. The molecular weight excluding hydrogens is 484 g/mol. The van der Waals surface area contributed by atoms with E-state index in [4.69, 9.17) is 13.9 Å². The van der Waals surface area contributed by atoms with E-state index in [0.717, 1.165) is 37.7 Å². The Bertz CT molecular complexity index is 855. The average Bonchev–Trinajstić information content (AvgIpc) is 2.77. The molecular formula is C29H50N2O5Si. The topological polar surface area (TPSA) is 77.1 Å². The van der Waals surface area contributed by atoms with Crippen LogP contribution in [0.25, 0.3) is 0 Å². The first-order chi connectivity index (χ1) is 17.1. The SMILES string of the molecule is CN(C[C@H](C[C@H]1CC[C@@H](O[Si](C)(C)C(C)(C)C)CC1)NC(=O)OC(C)(C)C)C(=O)OCc1ccccc1. The van der Waals surface area contributed by atoms with Crippen LogP contribution in [0.3, 0.4) is 0 Å². The number of carbonyl (C=O) groups is 2. The van der Waals surface area contributed by atoms with Crippen LogP contribution in [0.15, 0.2) is 30.3 Å². The second kappa shape index (κ2) is 13.1. The van der Waals surface area contributed by atoms with E-state index in [0.29, 0.717) is 18.6 Å². The summed E-state index contributed by atoms with van der Waals surface area (Å²) in [7, 11) is -0.0802. The van der Waals surface area contributed by atoms with Crippen molar-refractivity contribution in [2.24, 2.45) is 5.92 Å². The molecule has 1 saturated carbocycles. The molecule has 2 amide bonds. The molecule has 7 nitrogen and oxygen atoms in total. The van der Waals surface area contributed by atoms with Crippen LogP contribution in [0.5, 0.6) is 0 Å². The molecule has 1 atom stereocenters. The van der Waals surface area contributed by atoms with E-state index in [1.54, 1.807) is 7.05 Å². The molecule has 0 aliphatic heterocycles. The Morgan fingerprint density at radius 3 is 2.16 bits per heavy atom. The van der Waals surface area contributed by atoms with E-state index in [-0.39, 0.29) is 17.7 Å². The molecule has 1 aromatic carbocycles. The van der Waals surface area contributed by atoms with Crippen molar-refractivity contribution in [1.29, 1.82) is 0 Å². The van der Waals surface area contributed by atoms with Gasteiger partial charge in [-0.3, -0.25) is 0 Å². The van der Waals surface area contributed by atoms with Gasteiger partial charge in [0.1, 0.15) is 12.2 Å². The molecule has 0 unspecified atom stereocenters. The van der Waals surface area contributed by atoms with E-state index in [2.05, 4.69) is 39.2 Å². The molecule has 2 rings (SSSR count). The molecule has 0 saturated heterocycles. The first-order valence-electron chi connectivity index (χ1n) is 13.6. The predicted molar refractivity (Wildman–Crippen MR) is 151 cm³/mol. The van der Waals surface area contributed by atoms with E-state index in [1.165, 1.54) is 4.90 Å². The number of ether oxygens (including phenoxy) is 2. The van der Waals surface area contributed by atoms with Crippen molar-refractivity contribution in [2.75, 3.05) is 13.6 Å². The van der Waals surface area contributed by atoms with Gasteiger partial charge in [0, 0.05) is 19.7 Å². The third-order valence-electron chi connectivity index (χ3n) is 7.41. The van der Waals surface area contributed by atoms with Crippen LogP contribution < -0.4 is 5.32 Å². The Hall–Kier alpha value is -2.06. The van der Waals surface area contributed by atoms with Gasteiger partial charge in [0.05, 0.1) is 6.04 Å². The van der Waals surface area contributed by atoms with Crippen LogP contribution in [0.1, 0.15) is 79.2 Å². The zero-order valence-electron chi connectivity index (χ0n) is 24.6. The minimum absolute atomic E-state index is 0.200. The Kier molecular flexibility index (Phi) is 11.1. The summed E-state index contributed by atoms with van der Waals surface area (Å²) < 4.78 is 17.6. The zero-order valence-corrected chi connectivity index (χ0v) is 25.6. The van der Waals surface area contributed by atoms with Gasteiger partial charge in [-0.25, -0.2) is 9.59 Å². The van der Waals surface area contributed by atoms with Crippen LogP contribution in [0, 0.1) is 5.92 Å². The summed E-state index contributed by atoms with van der Waals surface area (Å²) in [5, 5.41) is 3.22. The van der Waals surface area contributed by atoms with Crippen molar-refractivity contribution in [3.05, 3.63) is 35.9 Å². The third kappa shape index (κ3) is 11.1. The lowest BCUT2D eigenvalue weighted by molar-refractivity contribution is 0.0464. The van der Waals surface area contributed by atoms with Gasteiger partial charge in [-0.1, -0.05) is 51.1 Å². The monoisotopic (exact) mass is 534 g/mol. The summed E-state index contributed by atoms with van der Waals surface area (Å²) in [5.41, 5.74) is 0.346. The normalized spacial score (nSPS) is 19.6. The second-order valence-electron chi connectivity index (χ2n) is 13.0. The Balaban J connectivity index is 1.95. The molecule has 1 aromatic rings. The Morgan fingerprint density at radius 2 is 1.62 bits per heavy atom. The maximum atomic E-state index is 12.7. The van der Waals surface area contributed by atoms with Crippen LogP contribution in [0.4, 0.5) is 9.59 Å². The highest BCUT2D eigenvalue weighted by Crippen LogP contribution is 2.40. The highest BCUT2D eigenvalue weighted by Gasteiger charge is 2.40. The highest BCUT2D eigenvalue weighted by molar-refractivity contribution is 6.74. The number of benzene rings is 1. The van der Waals surface area contributed by atoms with Crippen molar-refractivity contribution in [2.45, 2.75) is 116 Å². The van der Waals surface area contributed by atoms with Crippen molar-refractivity contribution < 1.29 is 23.5 Å². The van der Waals surface area contributed by atoms with Crippen LogP contribution >= 0.6 is 0 Å². The minimum Gasteiger partial charge on any atom is -0.445 e. The molecule has 1 N–H and O–H groups in total. The molecule has 8 heteroatoms. The van der Waals surface area contributed by atoms with Gasteiger partial charge in [0.25, 0.3) is 0 Å². The molecule has 0 bridgehead atoms. The molecule has 37 heavy (non-hydrogen) atoms. The molecule has 210 valence electrons. The fourth-order valence-corrected chi connectivity index (χ4v) is 5.79. The summed E-state index contributed by atoms with van der Waals surface area (Å²) in [6.45, 7) is 17.6. The fourth-order valence-electron chi connectivity index (χ4n) is 4.37. The minimum atomic E-state index is -1.79. The number of carbonyl (C=O) groups excluding carboxylic acids is 2. The third-order valence-corrected chi connectivity index (χ3v) is 11.9. The summed E-state index contributed by atoms with van der Waals surface area (Å²) in [6, 6.07) is 9.37. The average molecular weight is 535 g/mol. The molecule has 1 aliphatic rings. The number of nitrogens with zero attached hydrogens (tertiary/aromatic N) is 1. The van der Waals surface area contributed by atoms with Crippen molar-refractivity contribution >= 4 is 20.5 Å². The van der Waals surface area contributed by atoms with E-state index >= 15 is 0 Å². The van der Waals surface area contributed by atoms with Crippen LogP contribution in [0.2, 0.25) is 18.1 Å². The molecule has 0 spiro atoms. The number of nitrogens with one attached hydrogen (secondary N) is 1. The van der Waals surface area contributed by atoms with E-state index in [9.17, 15) is 9.59 Å². The number of amides is 2. The number of likely N-dealkylation sites (N-methyl/N-ethyl adjacent to an activating group) is 1. The van der Waals surface area contributed by atoms with Crippen LogP contribution in [-0.4, -0.2) is 56.7 Å². The lowest BCUT2D eigenvalue weighted by Gasteiger charge is -2.41. The van der Waals surface area contributed by atoms with Gasteiger partial charge < -0.3 is 24.1 Å². The summed E-state index contributed by atoms with van der Waals surface area (Å²) in [5.74, 6) is 0.452. The largest absolute Gasteiger partial charge is 0.445 e. The maximum absolute atomic E-state index is 12.7. The number of hydrogen-bond donors (Lipinski definition) is 1. The van der Waals surface area contributed by atoms with E-state index in [1.807, 2.05) is 51.1 Å². The predicted octanol–water partition coefficient (Wildman–Crippen LogP) is 7.12. The van der Waals surface area contributed by atoms with Gasteiger partial charge in [-0.05, 0) is 82.5 Å². The lowest BCUT2D eigenvalue weighted by Crippen LogP contribution is -2.47. The zero-order chi connectivity index (χ0) is 27.9. The summed E-state index contributed by atoms with van der Waals surface area (Å²) in [6.07, 6.45) is 4.38. The molecule has 0 aromatic heterocycles. The van der Waals surface area contributed by atoms with Crippen molar-refractivity contribution in [3.8, 4) is 0 Å². The standard InChI is InChI=1S/C29H50N2O5Si/c1-28(2,3)35-26(32)30-24(20-31(7)27(33)34-21-23-13-11-10-12-14-23)19-22-15-17-25(18-16-22)36-37(8,9)29(4,5)6/h10-14,22,24-25H,15-21H2,1-9H3,(H,30,32)/t22-,24-,25+/m0/s1. The quantitative estimate of drug-likeness (QED) is 0.341. The van der Waals surface area contributed by atoms with Crippen molar-refractivity contribution in [1.82, 2.24) is 10.2 Å². The van der Waals surface area contributed by atoms with Crippen LogP contribution in [-0.2, 0) is 20.5 Å². The second-order valence-corrected chi connectivity index (χ2v) is 17.8. The van der Waals surface area contributed by atoms with Gasteiger partial charge >= 0.3 is 12.2 Å². The highest BCUT2D eigenvalue weighted by atomic mass is 28.4. The smallest absolute Gasteiger partial charge is 0.409 e. The van der Waals surface area contributed by atoms with Gasteiger partial charge in [-0.15, -0.1) is 0 Å². The van der Waals surface area contributed by atoms with Gasteiger partial charge in [-0.2, -0.15) is 0 Å². The first-order valence-corrected chi connectivity index (χ1v) is 16.6. The Labute approximate surface area is 225 Å². The molecule has 1 aliphatic carbocycles. The lowest BCUT2D eigenvalue weighted by atomic mass is 9.83.